The number of pyridine rings is 2. The monoisotopic (exact) mass is 238 g/mol. The predicted octanol–water partition coefficient (Wildman–Crippen LogP) is 2.45. The number of H-pyrrole nitrogens is 1. The first kappa shape index (κ1) is 10.9. The van der Waals surface area contributed by atoms with Crippen LogP contribution in [0.3, 0.4) is 0 Å². The number of fused-ring (bicyclic) bond motifs is 1. The molecule has 0 aliphatic carbocycles. The van der Waals surface area contributed by atoms with Crippen LogP contribution in [0.15, 0.2) is 36.7 Å². The number of aromatic amines is 1. The topological polar surface area (TPSA) is 54.5 Å². The van der Waals surface area contributed by atoms with Gasteiger partial charge in [-0.15, -0.1) is 0 Å². The van der Waals surface area contributed by atoms with E-state index in [-0.39, 0.29) is 0 Å². The average Bonchev–Trinajstić information content (AvgIpc) is 2.79. The highest BCUT2D eigenvalue weighted by Crippen LogP contribution is 2.11. The third-order valence-corrected chi connectivity index (χ3v) is 2.87. The Kier molecular flexibility index (Phi) is 2.76. The summed E-state index contributed by atoms with van der Waals surface area (Å²) in [7, 11) is 0. The molecule has 4 nitrogen and oxygen atoms in total. The van der Waals surface area contributed by atoms with Crippen molar-refractivity contribution in [2.24, 2.45) is 0 Å². The average molecular weight is 238 g/mol. The van der Waals surface area contributed by atoms with E-state index in [1.54, 1.807) is 0 Å². The molecule has 0 aliphatic heterocycles. The van der Waals surface area contributed by atoms with Gasteiger partial charge in [-0.25, -0.2) is 9.97 Å². The summed E-state index contributed by atoms with van der Waals surface area (Å²) < 4.78 is 0. The van der Waals surface area contributed by atoms with Crippen molar-refractivity contribution in [2.75, 3.05) is 0 Å². The van der Waals surface area contributed by atoms with Gasteiger partial charge in [0.1, 0.15) is 5.82 Å². The number of aryl methyl sites for hydroxylation is 3. The first-order valence-electron chi connectivity index (χ1n) is 6.02. The van der Waals surface area contributed by atoms with Crippen LogP contribution >= 0.6 is 0 Å². The summed E-state index contributed by atoms with van der Waals surface area (Å²) in [6.07, 6.45) is 5.40. The third-order valence-electron chi connectivity index (χ3n) is 2.87. The Labute approximate surface area is 105 Å². The molecule has 0 aliphatic rings. The molecule has 0 spiro atoms. The van der Waals surface area contributed by atoms with E-state index in [1.165, 1.54) is 0 Å². The van der Waals surface area contributed by atoms with Gasteiger partial charge in [-0.2, -0.15) is 0 Å². The first-order chi connectivity index (χ1) is 8.81. The van der Waals surface area contributed by atoms with Gasteiger partial charge in [0.05, 0.1) is 5.52 Å². The molecule has 3 heterocycles. The Morgan fingerprint density at radius 1 is 1.17 bits per heavy atom. The molecule has 1 N–H and O–H groups in total. The van der Waals surface area contributed by atoms with E-state index in [0.717, 1.165) is 41.1 Å². The highest BCUT2D eigenvalue weighted by atomic mass is 15.0. The van der Waals surface area contributed by atoms with Crippen LogP contribution in [-0.4, -0.2) is 19.9 Å². The van der Waals surface area contributed by atoms with Crippen LogP contribution in [0.25, 0.3) is 11.2 Å². The van der Waals surface area contributed by atoms with E-state index >= 15 is 0 Å². The van der Waals surface area contributed by atoms with E-state index in [4.69, 9.17) is 0 Å². The predicted molar refractivity (Wildman–Crippen MR) is 70.3 cm³/mol. The fraction of sp³-hybridized carbons (Fsp3) is 0.214. The highest BCUT2D eigenvalue weighted by molar-refractivity contribution is 5.70. The van der Waals surface area contributed by atoms with E-state index < -0.39 is 0 Å². The Morgan fingerprint density at radius 3 is 2.94 bits per heavy atom. The molecule has 0 bridgehead atoms. The van der Waals surface area contributed by atoms with Crippen molar-refractivity contribution in [2.45, 2.75) is 19.8 Å². The smallest absolute Gasteiger partial charge is 0.177 e. The van der Waals surface area contributed by atoms with Crippen LogP contribution in [0.4, 0.5) is 0 Å². The maximum Gasteiger partial charge on any atom is 0.177 e. The van der Waals surface area contributed by atoms with Gasteiger partial charge in [0, 0.05) is 24.5 Å². The fourth-order valence-electron chi connectivity index (χ4n) is 1.97. The second-order valence-electron chi connectivity index (χ2n) is 4.39. The van der Waals surface area contributed by atoms with Crippen molar-refractivity contribution in [3.63, 3.8) is 0 Å². The zero-order chi connectivity index (χ0) is 12.4. The molecule has 18 heavy (non-hydrogen) atoms. The molecular formula is C14H14N4. The minimum Gasteiger partial charge on any atom is -0.341 e. The maximum absolute atomic E-state index is 4.47. The Balaban J connectivity index is 1.79. The Hall–Kier alpha value is -2.23. The van der Waals surface area contributed by atoms with E-state index in [2.05, 4.69) is 26.0 Å². The molecule has 0 saturated heterocycles. The summed E-state index contributed by atoms with van der Waals surface area (Å²) in [4.78, 5) is 16.4. The second kappa shape index (κ2) is 4.56. The molecule has 0 saturated carbocycles. The van der Waals surface area contributed by atoms with Crippen LogP contribution < -0.4 is 0 Å². The van der Waals surface area contributed by atoms with Crippen LogP contribution in [0, 0.1) is 6.92 Å². The number of aromatic nitrogens is 4. The molecule has 3 aromatic rings. The van der Waals surface area contributed by atoms with Gasteiger partial charge < -0.3 is 4.98 Å². The minimum absolute atomic E-state index is 0.789. The minimum atomic E-state index is 0.789. The van der Waals surface area contributed by atoms with Crippen molar-refractivity contribution < 1.29 is 0 Å². The molecule has 0 unspecified atom stereocenters. The first-order valence-corrected chi connectivity index (χ1v) is 6.02. The summed E-state index contributed by atoms with van der Waals surface area (Å²) in [6.45, 7) is 2.03. The lowest BCUT2D eigenvalue weighted by atomic mass is 10.2. The molecular weight excluding hydrogens is 224 g/mol. The molecule has 4 heteroatoms. The van der Waals surface area contributed by atoms with E-state index in [1.807, 2.05) is 37.5 Å². The van der Waals surface area contributed by atoms with Crippen LogP contribution in [0.5, 0.6) is 0 Å². The number of nitrogens with zero attached hydrogens (tertiary/aromatic N) is 3. The van der Waals surface area contributed by atoms with Gasteiger partial charge >= 0.3 is 0 Å². The van der Waals surface area contributed by atoms with Gasteiger partial charge in [-0.3, -0.25) is 4.98 Å². The number of nitrogens with one attached hydrogen (secondary N) is 1. The summed E-state index contributed by atoms with van der Waals surface area (Å²) >= 11 is 0. The van der Waals surface area contributed by atoms with E-state index in [9.17, 15) is 0 Å². The summed E-state index contributed by atoms with van der Waals surface area (Å²) in [6, 6.07) is 8.04. The van der Waals surface area contributed by atoms with Crippen molar-refractivity contribution in [3.8, 4) is 0 Å². The zero-order valence-electron chi connectivity index (χ0n) is 10.2. The molecule has 3 aromatic heterocycles. The quantitative estimate of drug-likeness (QED) is 0.762. The van der Waals surface area contributed by atoms with Gasteiger partial charge in [0.15, 0.2) is 5.65 Å². The Morgan fingerprint density at radius 2 is 2.11 bits per heavy atom. The molecule has 0 amide bonds. The van der Waals surface area contributed by atoms with Gasteiger partial charge in [-0.05, 0) is 37.1 Å². The summed E-state index contributed by atoms with van der Waals surface area (Å²) in [5, 5.41) is 0. The highest BCUT2D eigenvalue weighted by Gasteiger charge is 2.04. The van der Waals surface area contributed by atoms with Crippen LogP contribution in [-0.2, 0) is 12.8 Å². The largest absolute Gasteiger partial charge is 0.341 e. The molecule has 0 fully saturated rings. The summed E-state index contributed by atoms with van der Waals surface area (Å²) in [5.41, 5.74) is 4.02. The lowest BCUT2D eigenvalue weighted by molar-refractivity contribution is 0.860. The van der Waals surface area contributed by atoms with Crippen molar-refractivity contribution in [1.82, 2.24) is 19.9 Å². The van der Waals surface area contributed by atoms with Crippen molar-refractivity contribution in [1.29, 1.82) is 0 Å². The number of imidazole rings is 1. The third kappa shape index (κ3) is 2.22. The number of hydrogen-bond donors (Lipinski definition) is 1. The SMILES string of the molecule is Cc1cnc2nc(CCc3ccccn3)[nH]c2c1. The Bertz CT molecular complexity index is 658. The normalized spacial score (nSPS) is 10.9. The number of hydrogen-bond acceptors (Lipinski definition) is 3. The second-order valence-corrected chi connectivity index (χ2v) is 4.39. The zero-order valence-corrected chi connectivity index (χ0v) is 10.2. The molecule has 0 atom stereocenters. The van der Waals surface area contributed by atoms with Gasteiger partial charge in [-0.1, -0.05) is 6.07 Å². The standard InChI is InChI=1S/C14H14N4/c1-10-8-12-14(16-9-10)18-13(17-12)6-5-11-4-2-3-7-15-11/h2-4,7-9H,5-6H2,1H3,(H,16,17,18). The van der Waals surface area contributed by atoms with Gasteiger partial charge in [0.25, 0.3) is 0 Å². The van der Waals surface area contributed by atoms with Crippen LogP contribution in [0.1, 0.15) is 17.1 Å². The fourth-order valence-corrected chi connectivity index (χ4v) is 1.97. The van der Waals surface area contributed by atoms with Crippen LogP contribution in [0.2, 0.25) is 0 Å². The molecule has 0 radical (unpaired) electrons. The molecule has 3 rings (SSSR count). The lowest BCUT2D eigenvalue weighted by Crippen LogP contribution is -1.95. The molecule has 90 valence electrons. The van der Waals surface area contributed by atoms with Gasteiger partial charge in [0.2, 0.25) is 0 Å². The number of rotatable bonds is 3. The van der Waals surface area contributed by atoms with E-state index in [0.29, 0.717) is 0 Å². The summed E-state index contributed by atoms with van der Waals surface area (Å²) in [5.74, 6) is 0.966. The van der Waals surface area contributed by atoms with Crippen molar-refractivity contribution in [3.05, 3.63) is 53.7 Å². The van der Waals surface area contributed by atoms with Crippen molar-refractivity contribution >= 4 is 11.2 Å². The molecule has 0 aromatic carbocycles. The lowest BCUT2D eigenvalue weighted by Gasteiger charge is -1.96. The maximum atomic E-state index is 4.47.